The molecule has 0 spiro atoms. The molecule has 1 fully saturated rings. The van der Waals surface area contributed by atoms with Crippen LogP contribution in [0.5, 0.6) is 0 Å². The quantitative estimate of drug-likeness (QED) is 0.936. The van der Waals surface area contributed by atoms with Crippen LogP contribution in [0.2, 0.25) is 0 Å². The fourth-order valence-corrected chi connectivity index (χ4v) is 3.15. The van der Waals surface area contributed by atoms with E-state index in [9.17, 15) is 9.18 Å². The predicted molar refractivity (Wildman–Crippen MR) is 94.3 cm³/mol. The summed E-state index contributed by atoms with van der Waals surface area (Å²) in [4.78, 5) is 14.3. The van der Waals surface area contributed by atoms with Crippen LogP contribution in [-0.2, 0) is 0 Å². The lowest BCUT2D eigenvalue weighted by Crippen LogP contribution is -2.34. The lowest BCUT2D eigenvalue weighted by atomic mass is 9.90. The number of amides is 1. The van der Waals surface area contributed by atoms with Gasteiger partial charge in [0, 0.05) is 13.1 Å². The zero-order valence-electron chi connectivity index (χ0n) is 14.2. The summed E-state index contributed by atoms with van der Waals surface area (Å²) in [6.07, 6.45) is 0.859. The highest BCUT2D eigenvalue weighted by Crippen LogP contribution is 2.30. The number of nitrogens with two attached hydrogens (primary N) is 1. The molecular weight excluding hydrogens is 303 g/mol. The van der Waals surface area contributed by atoms with E-state index >= 15 is 0 Å². The van der Waals surface area contributed by atoms with Crippen molar-refractivity contribution < 1.29 is 9.18 Å². The SMILES string of the molecule is Cc1ccc(-c2ccc(C(=O)N3CCC(C)(CN)C3)c(F)c2)cc1. The van der Waals surface area contributed by atoms with E-state index in [4.69, 9.17) is 5.73 Å². The molecule has 1 amide bonds. The summed E-state index contributed by atoms with van der Waals surface area (Å²) in [7, 11) is 0. The highest BCUT2D eigenvalue weighted by atomic mass is 19.1. The van der Waals surface area contributed by atoms with Gasteiger partial charge in [-0.3, -0.25) is 4.79 Å². The van der Waals surface area contributed by atoms with Crippen molar-refractivity contribution in [2.75, 3.05) is 19.6 Å². The van der Waals surface area contributed by atoms with E-state index in [0.717, 1.165) is 23.1 Å². The van der Waals surface area contributed by atoms with Crippen LogP contribution in [0.25, 0.3) is 11.1 Å². The number of hydrogen-bond donors (Lipinski definition) is 1. The molecule has 0 bridgehead atoms. The smallest absolute Gasteiger partial charge is 0.256 e. The molecule has 1 aliphatic heterocycles. The topological polar surface area (TPSA) is 46.3 Å². The Labute approximate surface area is 142 Å². The van der Waals surface area contributed by atoms with Gasteiger partial charge in [-0.2, -0.15) is 0 Å². The maximum absolute atomic E-state index is 14.5. The average molecular weight is 326 g/mol. The van der Waals surface area contributed by atoms with Crippen molar-refractivity contribution in [1.82, 2.24) is 4.90 Å². The molecule has 2 N–H and O–H groups in total. The van der Waals surface area contributed by atoms with Gasteiger partial charge in [-0.15, -0.1) is 0 Å². The molecule has 4 heteroatoms. The number of halogens is 1. The highest BCUT2D eigenvalue weighted by Gasteiger charge is 2.35. The van der Waals surface area contributed by atoms with Crippen LogP contribution in [0.3, 0.4) is 0 Å². The van der Waals surface area contributed by atoms with Gasteiger partial charge in [-0.05, 0) is 48.6 Å². The van der Waals surface area contributed by atoms with Crippen LogP contribution in [-0.4, -0.2) is 30.4 Å². The molecule has 0 aliphatic carbocycles. The summed E-state index contributed by atoms with van der Waals surface area (Å²) in [5.74, 6) is -0.723. The van der Waals surface area contributed by atoms with E-state index < -0.39 is 5.82 Å². The summed E-state index contributed by atoms with van der Waals surface area (Å²) in [5.41, 5.74) is 8.72. The highest BCUT2D eigenvalue weighted by molar-refractivity contribution is 5.95. The normalized spacial score (nSPS) is 20.4. The van der Waals surface area contributed by atoms with Crippen molar-refractivity contribution in [2.45, 2.75) is 20.3 Å². The monoisotopic (exact) mass is 326 g/mol. The maximum atomic E-state index is 14.5. The molecule has 24 heavy (non-hydrogen) atoms. The number of hydrogen-bond acceptors (Lipinski definition) is 2. The minimum Gasteiger partial charge on any atom is -0.338 e. The molecule has 2 aromatic carbocycles. The second-order valence-electron chi connectivity index (χ2n) is 7.05. The average Bonchev–Trinajstić information content (AvgIpc) is 2.98. The van der Waals surface area contributed by atoms with Crippen molar-refractivity contribution in [3.05, 3.63) is 59.4 Å². The van der Waals surface area contributed by atoms with Gasteiger partial charge in [0.25, 0.3) is 5.91 Å². The molecule has 126 valence electrons. The molecule has 1 aliphatic rings. The largest absolute Gasteiger partial charge is 0.338 e. The third kappa shape index (κ3) is 3.20. The Kier molecular flexibility index (Phi) is 4.41. The van der Waals surface area contributed by atoms with Gasteiger partial charge < -0.3 is 10.6 Å². The Balaban J connectivity index is 1.82. The number of carbonyl (C=O) groups excluding carboxylic acids is 1. The number of benzene rings is 2. The molecule has 3 nitrogen and oxygen atoms in total. The van der Waals surface area contributed by atoms with Crippen molar-refractivity contribution in [1.29, 1.82) is 0 Å². The molecule has 1 heterocycles. The molecule has 3 rings (SSSR count). The van der Waals surface area contributed by atoms with Crippen molar-refractivity contribution in [3.63, 3.8) is 0 Å². The number of likely N-dealkylation sites (tertiary alicyclic amines) is 1. The molecule has 0 radical (unpaired) electrons. The zero-order valence-corrected chi connectivity index (χ0v) is 14.2. The maximum Gasteiger partial charge on any atom is 0.256 e. The Morgan fingerprint density at radius 2 is 1.88 bits per heavy atom. The summed E-state index contributed by atoms with van der Waals surface area (Å²) in [6.45, 7) is 5.83. The van der Waals surface area contributed by atoms with E-state index in [0.29, 0.717) is 19.6 Å². The van der Waals surface area contributed by atoms with E-state index in [1.807, 2.05) is 31.2 Å². The molecule has 0 aromatic heterocycles. The molecule has 1 atom stereocenters. The molecule has 0 saturated carbocycles. The summed E-state index contributed by atoms with van der Waals surface area (Å²) >= 11 is 0. The standard InChI is InChI=1S/C20H23FN2O/c1-14-3-5-15(6-4-14)16-7-8-17(18(21)11-16)19(24)23-10-9-20(2,12-22)13-23/h3-8,11H,9-10,12-13,22H2,1-2H3. The fraction of sp³-hybridized carbons (Fsp3) is 0.350. The number of rotatable bonds is 3. The van der Waals surface area contributed by atoms with Crippen LogP contribution >= 0.6 is 0 Å². The third-order valence-corrected chi connectivity index (χ3v) is 4.92. The Morgan fingerprint density at radius 3 is 2.46 bits per heavy atom. The van der Waals surface area contributed by atoms with Gasteiger partial charge in [0.1, 0.15) is 5.82 Å². The lowest BCUT2D eigenvalue weighted by molar-refractivity contribution is 0.0772. The zero-order chi connectivity index (χ0) is 17.3. The van der Waals surface area contributed by atoms with Gasteiger partial charge in [-0.25, -0.2) is 4.39 Å². The van der Waals surface area contributed by atoms with Crippen molar-refractivity contribution >= 4 is 5.91 Å². The van der Waals surface area contributed by atoms with Crippen LogP contribution in [0.15, 0.2) is 42.5 Å². The van der Waals surface area contributed by atoms with Crippen LogP contribution < -0.4 is 5.73 Å². The number of carbonyl (C=O) groups is 1. The fourth-order valence-electron chi connectivity index (χ4n) is 3.15. The molecule has 2 aromatic rings. The number of nitrogens with zero attached hydrogens (tertiary/aromatic N) is 1. The second kappa shape index (κ2) is 6.36. The summed E-state index contributed by atoms with van der Waals surface area (Å²) in [6, 6.07) is 12.7. The van der Waals surface area contributed by atoms with Crippen molar-refractivity contribution in [2.24, 2.45) is 11.1 Å². The first kappa shape index (κ1) is 16.7. The van der Waals surface area contributed by atoms with E-state index in [-0.39, 0.29) is 16.9 Å². The lowest BCUT2D eigenvalue weighted by Gasteiger charge is -2.22. The second-order valence-corrected chi connectivity index (χ2v) is 7.05. The molecule has 1 unspecified atom stereocenters. The van der Waals surface area contributed by atoms with Crippen LogP contribution in [0.4, 0.5) is 4.39 Å². The first-order chi connectivity index (χ1) is 11.4. The van der Waals surface area contributed by atoms with Gasteiger partial charge in [0.2, 0.25) is 0 Å². The molecular formula is C20H23FN2O. The first-order valence-corrected chi connectivity index (χ1v) is 8.28. The van der Waals surface area contributed by atoms with Gasteiger partial charge in [0.15, 0.2) is 0 Å². The van der Waals surface area contributed by atoms with Crippen LogP contribution in [0, 0.1) is 18.2 Å². The van der Waals surface area contributed by atoms with Gasteiger partial charge >= 0.3 is 0 Å². The van der Waals surface area contributed by atoms with Gasteiger partial charge in [0.05, 0.1) is 5.56 Å². The first-order valence-electron chi connectivity index (χ1n) is 8.28. The summed E-state index contributed by atoms with van der Waals surface area (Å²) in [5, 5.41) is 0. The summed E-state index contributed by atoms with van der Waals surface area (Å²) < 4.78 is 14.5. The van der Waals surface area contributed by atoms with Crippen molar-refractivity contribution in [3.8, 4) is 11.1 Å². The Morgan fingerprint density at radius 1 is 1.21 bits per heavy atom. The number of aryl methyl sites for hydroxylation is 1. The van der Waals surface area contributed by atoms with E-state index in [2.05, 4.69) is 6.92 Å². The Hall–Kier alpha value is -2.20. The van der Waals surface area contributed by atoms with E-state index in [1.165, 1.54) is 6.07 Å². The minimum atomic E-state index is -0.473. The molecule has 1 saturated heterocycles. The Bertz CT molecular complexity index is 757. The van der Waals surface area contributed by atoms with Crippen LogP contribution in [0.1, 0.15) is 29.3 Å². The minimum absolute atomic E-state index is 0.0615. The predicted octanol–water partition coefficient (Wildman–Crippen LogP) is 3.61. The third-order valence-electron chi connectivity index (χ3n) is 4.92. The van der Waals surface area contributed by atoms with Gasteiger partial charge in [-0.1, -0.05) is 42.8 Å². The van der Waals surface area contributed by atoms with E-state index in [1.54, 1.807) is 17.0 Å².